The van der Waals surface area contributed by atoms with E-state index in [0.29, 0.717) is 39.9 Å². The summed E-state index contributed by atoms with van der Waals surface area (Å²) in [5.74, 6) is -0.416. The van der Waals surface area contributed by atoms with Crippen molar-refractivity contribution in [3.8, 4) is 0 Å². The van der Waals surface area contributed by atoms with Gasteiger partial charge in [-0.25, -0.2) is 4.98 Å². The number of amides is 2. The first-order valence-corrected chi connectivity index (χ1v) is 12.3. The fourth-order valence-electron chi connectivity index (χ4n) is 5.16. The van der Waals surface area contributed by atoms with Gasteiger partial charge in [0.2, 0.25) is 11.8 Å². The normalized spacial score (nSPS) is 22.1. The van der Waals surface area contributed by atoms with Gasteiger partial charge in [0.25, 0.3) is 0 Å². The molecule has 5 rings (SSSR count). The van der Waals surface area contributed by atoms with Gasteiger partial charge in [-0.15, -0.1) is 0 Å². The van der Waals surface area contributed by atoms with Crippen LogP contribution in [0.25, 0.3) is 21.3 Å². The minimum atomic E-state index is -0.751. The number of piperidine rings is 1. The minimum absolute atomic E-state index is 0.125. The van der Waals surface area contributed by atoms with Gasteiger partial charge < -0.3 is 10.2 Å². The molecule has 3 aromatic rings. The Hall–Kier alpha value is -3.76. The van der Waals surface area contributed by atoms with E-state index in [4.69, 9.17) is 5.53 Å². The zero-order valence-corrected chi connectivity index (χ0v) is 21.3. The topological polar surface area (TPSA) is 146 Å². The number of aryl methyl sites for hydroxylation is 1. The molecule has 0 radical (unpaired) electrons. The highest BCUT2D eigenvalue weighted by Gasteiger charge is 2.66. The van der Waals surface area contributed by atoms with Crippen LogP contribution in [0.2, 0.25) is 0 Å². The lowest BCUT2D eigenvalue weighted by atomic mass is 9.99. The maximum Gasteiger partial charge on any atom is 0.248 e. The van der Waals surface area contributed by atoms with Gasteiger partial charge >= 0.3 is 0 Å². The van der Waals surface area contributed by atoms with E-state index in [1.54, 1.807) is 23.1 Å². The summed E-state index contributed by atoms with van der Waals surface area (Å²) in [5.41, 5.74) is 10.2. The Morgan fingerprint density at radius 1 is 1.25 bits per heavy atom. The number of carbonyl (C=O) groups is 3. The van der Waals surface area contributed by atoms with Crippen LogP contribution in [0.1, 0.15) is 35.8 Å². The van der Waals surface area contributed by atoms with Crippen LogP contribution in [0.5, 0.6) is 0 Å². The van der Waals surface area contributed by atoms with E-state index in [0.717, 1.165) is 5.56 Å². The van der Waals surface area contributed by atoms with Gasteiger partial charge in [-0.3, -0.25) is 19.1 Å². The summed E-state index contributed by atoms with van der Waals surface area (Å²) in [5, 5.41) is 11.7. The second-order valence-electron chi connectivity index (χ2n) is 9.36. The number of nitrogens with zero attached hydrogens (tertiary/aromatic N) is 7. The van der Waals surface area contributed by atoms with Gasteiger partial charge in [0.15, 0.2) is 5.78 Å². The lowest BCUT2D eigenvalue weighted by molar-refractivity contribution is -0.138. The van der Waals surface area contributed by atoms with Gasteiger partial charge in [-0.2, -0.15) is 5.10 Å². The van der Waals surface area contributed by atoms with E-state index in [1.807, 2.05) is 25.1 Å². The lowest BCUT2D eigenvalue weighted by Crippen LogP contribution is -2.47. The SMILES string of the molecule is CC(=O)c1nn(CC(=O)N2[C@H](C(=O)Nc3nc(Br)ccc3C)C[C@@]3(CN=[N+]=[N-])C[C@@H]23)c2ccccc12. The number of Topliss-reactive ketones (excluding diaryl/α,β-unsaturated/α-hetero) is 1. The van der Waals surface area contributed by atoms with Crippen molar-refractivity contribution in [2.45, 2.75) is 45.3 Å². The van der Waals surface area contributed by atoms with Crippen molar-refractivity contribution in [1.82, 2.24) is 19.7 Å². The Balaban J connectivity index is 1.44. The van der Waals surface area contributed by atoms with E-state index < -0.39 is 11.5 Å². The van der Waals surface area contributed by atoms with Crippen LogP contribution in [0.4, 0.5) is 5.82 Å². The Labute approximate surface area is 214 Å². The predicted molar refractivity (Wildman–Crippen MR) is 135 cm³/mol. The summed E-state index contributed by atoms with van der Waals surface area (Å²) < 4.78 is 2.09. The molecule has 1 N–H and O–H groups in total. The number of likely N-dealkylation sites (tertiary alicyclic amines) is 1. The number of fused-ring (bicyclic) bond motifs is 2. The molecular formula is C24H23BrN8O3. The summed E-state index contributed by atoms with van der Waals surface area (Å²) in [7, 11) is 0. The number of benzene rings is 1. The third-order valence-corrected chi connectivity index (χ3v) is 7.48. The molecule has 1 aliphatic heterocycles. The van der Waals surface area contributed by atoms with Crippen LogP contribution in [0.15, 0.2) is 46.1 Å². The highest BCUT2D eigenvalue weighted by Crippen LogP contribution is 2.60. The predicted octanol–water partition coefficient (Wildman–Crippen LogP) is 4.01. The molecule has 2 fully saturated rings. The van der Waals surface area contributed by atoms with E-state index in [2.05, 4.69) is 41.4 Å². The summed E-state index contributed by atoms with van der Waals surface area (Å²) in [4.78, 5) is 48.0. The summed E-state index contributed by atoms with van der Waals surface area (Å²) in [6.45, 7) is 3.37. The number of rotatable bonds is 7. The minimum Gasteiger partial charge on any atom is -0.325 e. The van der Waals surface area contributed by atoms with Crippen LogP contribution in [-0.2, 0) is 16.1 Å². The number of halogens is 1. The zero-order valence-electron chi connectivity index (χ0n) is 19.7. The number of aromatic nitrogens is 3. The molecule has 0 spiro atoms. The van der Waals surface area contributed by atoms with Crippen molar-refractivity contribution in [2.24, 2.45) is 10.5 Å². The highest BCUT2D eigenvalue weighted by molar-refractivity contribution is 9.10. The fraction of sp³-hybridized carbons (Fsp3) is 0.375. The largest absolute Gasteiger partial charge is 0.325 e. The van der Waals surface area contributed by atoms with Gasteiger partial charge in [0.05, 0.1) is 5.52 Å². The molecule has 1 saturated carbocycles. The number of carbonyl (C=O) groups excluding carboxylic acids is 3. The third kappa shape index (κ3) is 4.12. The number of hydrogen-bond donors (Lipinski definition) is 1. The molecule has 0 unspecified atom stereocenters. The van der Waals surface area contributed by atoms with E-state index in [1.165, 1.54) is 11.6 Å². The molecule has 1 aliphatic carbocycles. The molecule has 12 heteroatoms. The molecule has 3 atom stereocenters. The number of anilines is 1. The number of ketones is 1. The standard InChI is InChI=1S/C24H23BrN8O3/c1-13-7-8-19(25)28-22(13)29-23(36)17-9-24(12-27-31-26)10-18(24)33(17)20(35)11-32-16-6-4-3-5-15(16)21(30-32)14(2)34/h3-8,17-18H,9-12H2,1-2H3,(H,28,29,36)/t17-,18+,24-/m0/s1. The maximum absolute atomic E-state index is 13.7. The highest BCUT2D eigenvalue weighted by atomic mass is 79.9. The first-order chi connectivity index (χ1) is 17.2. The van der Waals surface area contributed by atoms with Crippen molar-refractivity contribution in [3.63, 3.8) is 0 Å². The van der Waals surface area contributed by atoms with Crippen LogP contribution in [0.3, 0.4) is 0 Å². The molecule has 2 amide bonds. The monoisotopic (exact) mass is 550 g/mol. The number of nitrogens with one attached hydrogen (secondary N) is 1. The van der Waals surface area contributed by atoms with Crippen LogP contribution >= 0.6 is 15.9 Å². The van der Waals surface area contributed by atoms with Crippen LogP contribution < -0.4 is 5.32 Å². The summed E-state index contributed by atoms with van der Waals surface area (Å²) >= 11 is 3.32. The van der Waals surface area contributed by atoms with Crippen molar-refractivity contribution >= 4 is 50.2 Å². The first kappa shape index (κ1) is 24.0. The van der Waals surface area contributed by atoms with Gasteiger partial charge in [0, 0.05) is 35.2 Å². The van der Waals surface area contributed by atoms with Crippen LogP contribution in [0, 0.1) is 12.3 Å². The molecule has 2 aliphatic rings. The molecule has 1 aromatic carbocycles. The number of hydrogen-bond acceptors (Lipinski definition) is 6. The molecule has 0 bridgehead atoms. The van der Waals surface area contributed by atoms with Crippen molar-refractivity contribution < 1.29 is 14.4 Å². The van der Waals surface area contributed by atoms with E-state index in [-0.39, 0.29) is 36.7 Å². The number of pyridine rings is 1. The summed E-state index contributed by atoms with van der Waals surface area (Å²) in [6.07, 6.45) is 1.05. The van der Waals surface area contributed by atoms with Crippen LogP contribution in [-0.4, -0.2) is 55.9 Å². The Bertz CT molecular complexity index is 1460. The molecule has 36 heavy (non-hydrogen) atoms. The third-order valence-electron chi connectivity index (χ3n) is 7.04. The van der Waals surface area contributed by atoms with Gasteiger partial charge in [0.1, 0.15) is 28.7 Å². The Kier molecular flexibility index (Phi) is 6.01. The molecule has 1 saturated heterocycles. The number of para-hydroxylation sites is 1. The molecule has 2 aromatic heterocycles. The summed E-state index contributed by atoms with van der Waals surface area (Å²) in [6, 6.07) is 9.89. The smallest absolute Gasteiger partial charge is 0.248 e. The lowest BCUT2D eigenvalue weighted by Gasteiger charge is -2.27. The van der Waals surface area contributed by atoms with E-state index >= 15 is 0 Å². The van der Waals surface area contributed by atoms with Crippen molar-refractivity contribution in [2.75, 3.05) is 11.9 Å². The second-order valence-corrected chi connectivity index (χ2v) is 10.2. The van der Waals surface area contributed by atoms with Gasteiger partial charge in [-0.1, -0.05) is 29.4 Å². The zero-order chi connectivity index (χ0) is 25.6. The van der Waals surface area contributed by atoms with E-state index in [9.17, 15) is 14.4 Å². The fourth-order valence-corrected chi connectivity index (χ4v) is 5.47. The molecule has 11 nitrogen and oxygen atoms in total. The van der Waals surface area contributed by atoms with Crippen molar-refractivity contribution in [3.05, 3.63) is 62.7 Å². The Morgan fingerprint density at radius 3 is 2.78 bits per heavy atom. The first-order valence-electron chi connectivity index (χ1n) is 11.5. The molecule has 3 heterocycles. The molecular weight excluding hydrogens is 528 g/mol. The van der Waals surface area contributed by atoms with Gasteiger partial charge in [-0.05, 0) is 58.9 Å². The average molecular weight is 551 g/mol. The number of azide groups is 1. The molecule has 184 valence electrons. The Morgan fingerprint density at radius 2 is 2.03 bits per heavy atom. The quantitative estimate of drug-likeness (QED) is 0.155. The maximum atomic E-state index is 13.7. The van der Waals surface area contributed by atoms with Crippen molar-refractivity contribution in [1.29, 1.82) is 0 Å². The second kappa shape index (κ2) is 9.03. The average Bonchev–Trinajstić information content (AvgIpc) is 3.26.